The van der Waals surface area contributed by atoms with E-state index in [2.05, 4.69) is 32.3 Å². The average molecular weight is 415 g/mol. The molecule has 2 fully saturated rings. The summed E-state index contributed by atoms with van der Waals surface area (Å²) < 4.78 is 7.47. The van der Waals surface area contributed by atoms with E-state index in [1.165, 1.54) is 11.9 Å². The number of aliphatic hydroxyl groups is 2. The molecule has 3 N–H and O–H groups in total. The molecule has 0 unspecified atom stereocenters. The first-order valence-corrected chi connectivity index (χ1v) is 10.3. The second kappa shape index (κ2) is 9.13. The molecule has 1 amide bonds. The summed E-state index contributed by atoms with van der Waals surface area (Å²) in [5, 5.41) is 27.3. The first-order chi connectivity index (χ1) is 14.6. The molecule has 0 aliphatic carbocycles. The highest BCUT2D eigenvalue weighted by Gasteiger charge is 2.46. The molecule has 1 aromatic heterocycles. The van der Waals surface area contributed by atoms with Crippen LogP contribution in [0.5, 0.6) is 0 Å². The predicted octanol–water partition coefficient (Wildman–Crippen LogP) is -0.539. The molecule has 2 aliphatic heterocycles. The van der Waals surface area contributed by atoms with Crippen molar-refractivity contribution in [1.82, 2.24) is 20.0 Å². The zero-order chi connectivity index (χ0) is 21.1. The number of aromatic nitrogens is 2. The summed E-state index contributed by atoms with van der Waals surface area (Å²) in [6.07, 6.45) is 1.30. The Morgan fingerprint density at radius 3 is 2.57 bits per heavy atom. The number of hydrogen-bond acceptors (Lipinski definition) is 7. The highest BCUT2D eigenvalue weighted by Crippen LogP contribution is 2.27. The Kier molecular flexibility index (Phi) is 6.33. The monoisotopic (exact) mass is 415 g/mol. The van der Waals surface area contributed by atoms with Gasteiger partial charge in [0.1, 0.15) is 12.2 Å². The maximum absolute atomic E-state index is 12.4. The Bertz CT molecular complexity index is 837. The van der Waals surface area contributed by atoms with Crippen LogP contribution in [0.25, 0.3) is 0 Å². The number of aryl methyl sites for hydroxylation is 1. The number of carbonyl (C=O) groups excluding carboxylic acids is 1. The number of piperazine rings is 1. The number of para-hydroxylation sites is 1. The fourth-order valence-electron chi connectivity index (χ4n) is 4.35. The van der Waals surface area contributed by atoms with E-state index in [0.29, 0.717) is 5.56 Å². The van der Waals surface area contributed by atoms with Crippen LogP contribution in [0, 0.1) is 0 Å². The number of rotatable bonds is 6. The summed E-state index contributed by atoms with van der Waals surface area (Å²) in [5.74, 6) is -0.235. The van der Waals surface area contributed by atoms with Crippen LogP contribution < -0.4 is 10.2 Å². The van der Waals surface area contributed by atoms with E-state index in [1.807, 2.05) is 18.2 Å². The van der Waals surface area contributed by atoms with Crippen molar-refractivity contribution in [3.05, 3.63) is 48.3 Å². The number of amides is 1. The van der Waals surface area contributed by atoms with E-state index in [1.54, 1.807) is 17.9 Å². The van der Waals surface area contributed by atoms with Crippen LogP contribution in [0.15, 0.2) is 42.7 Å². The molecule has 0 spiro atoms. The summed E-state index contributed by atoms with van der Waals surface area (Å²) in [4.78, 5) is 16.9. The molecular formula is C21H29N5O4. The largest absolute Gasteiger partial charge is 0.394 e. The molecule has 30 heavy (non-hydrogen) atoms. The zero-order valence-electron chi connectivity index (χ0n) is 17.1. The maximum atomic E-state index is 12.4. The van der Waals surface area contributed by atoms with Gasteiger partial charge in [-0.25, -0.2) is 0 Å². The topological polar surface area (TPSA) is 103 Å². The number of ether oxygens (including phenoxy) is 1. The molecule has 1 aromatic carbocycles. The van der Waals surface area contributed by atoms with E-state index in [9.17, 15) is 15.0 Å². The Morgan fingerprint density at radius 2 is 1.93 bits per heavy atom. The molecule has 0 saturated carbocycles. The average Bonchev–Trinajstić information content (AvgIpc) is 3.35. The molecule has 4 atom stereocenters. The van der Waals surface area contributed by atoms with Gasteiger partial charge < -0.3 is 25.2 Å². The van der Waals surface area contributed by atoms with Crippen molar-refractivity contribution in [2.45, 2.75) is 24.4 Å². The van der Waals surface area contributed by atoms with Crippen molar-refractivity contribution in [2.75, 3.05) is 44.2 Å². The standard InChI is InChI=1S/C21H29N5O4/c1-24-13-15(11-23-24)21(29)22-12-17-19(20(28)18(14-27)30-17)26-9-7-25(8-10-26)16-5-3-2-4-6-16/h2-6,11,13,17-20,27-28H,7-10,12,14H2,1H3,(H,22,29)/t17-,18+,19+,20-/m1/s1. The Labute approximate surface area is 175 Å². The number of hydrogen-bond donors (Lipinski definition) is 3. The van der Waals surface area contributed by atoms with Gasteiger partial charge in [-0.3, -0.25) is 14.4 Å². The highest BCUT2D eigenvalue weighted by atomic mass is 16.5. The van der Waals surface area contributed by atoms with Gasteiger partial charge in [0, 0.05) is 51.7 Å². The van der Waals surface area contributed by atoms with Gasteiger partial charge in [-0.1, -0.05) is 18.2 Å². The lowest BCUT2D eigenvalue weighted by Gasteiger charge is -2.41. The van der Waals surface area contributed by atoms with Crippen molar-refractivity contribution >= 4 is 11.6 Å². The lowest BCUT2D eigenvalue weighted by atomic mass is 10.0. The zero-order valence-corrected chi connectivity index (χ0v) is 17.1. The second-order valence-electron chi connectivity index (χ2n) is 7.85. The van der Waals surface area contributed by atoms with Crippen molar-refractivity contribution in [2.24, 2.45) is 7.05 Å². The van der Waals surface area contributed by atoms with E-state index in [-0.39, 0.29) is 25.1 Å². The van der Waals surface area contributed by atoms with Gasteiger partial charge in [0.05, 0.1) is 30.5 Å². The van der Waals surface area contributed by atoms with Crippen LogP contribution in [0.1, 0.15) is 10.4 Å². The molecule has 2 saturated heterocycles. The van der Waals surface area contributed by atoms with Gasteiger partial charge in [0.25, 0.3) is 5.91 Å². The third kappa shape index (κ3) is 4.34. The molecule has 3 heterocycles. The number of benzene rings is 1. The minimum Gasteiger partial charge on any atom is -0.394 e. The highest BCUT2D eigenvalue weighted by molar-refractivity contribution is 5.93. The molecule has 2 aromatic rings. The first kappa shape index (κ1) is 20.8. The normalized spacial score (nSPS) is 27.4. The quantitative estimate of drug-likeness (QED) is 0.582. The maximum Gasteiger partial charge on any atom is 0.254 e. The first-order valence-electron chi connectivity index (χ1n) is 10.3. The fourth-order valence-corrected chi connectivity index (χ4v) is 4.35. The van der Waals surface area contributed by atoms with Crippen molar-refractivity contribution in [3.63, 3.8) is 0 Å². The Hall–Kier alpha value is -2.46. The van der Waals surface area contributed by atoms with Gasteiger partial charge in [-0.05, 0) is 12.1 Å². The van der Waals surface area contributed by atoms with Crippen LogP contribution in [0.4, 0.5) is 5.69 Å². The Morgan fingerprint density at radius 1 is 1.20 bits per heavy atom. The van der Waals surface area contributed by atoms with E-state index < -0.39 is 18.3 Å². The van der Waals surface area contributed by atoms with E-state index in [0.717, 1.165) is 26.2 Å². The molecule has 9 nitrogen and oxygen atoms in total. The van der Waals surface area contributed by atoms with Crippen LogP contribution in [0.3, 0.4) is 0 Å². The number of nitrogens with one attached hydrogen (secondary N) is 1. The van der Waals surface area contributed by atoms with Gasteiger partial charge in [-0.15, -0.1) is 0 Å². The third-order valence-electron chi connectivity index (χ3n) is 5.93. The molecule has 2 aliphatic rings. The molecule has 162 valence electrons. The van der Waals surface area contributed by atoms with Crippen molar-refractivity contribution in [3.8, 4) is 0 Å². The van der Waals surface area contributed by atoms with Gasteiger partial charge in [0.15, 0.2) is 0 Å². The summed E-state index contributed by atoms with van der Waals surface area (Å²) in [6, 6.07) is 9.98. The molecule has 4 rings (SSSR count). The summed E-state index contributed by atoms with van der Waals surface area (Å²) in [7, 11) is 1.75. The van der Waals surface area contributed by atoms with Crippen molar-refractivity contribution < 1.29 is 19.7 Å². The van der Waals surface area contributed by atoms with Gasteiger partial charge in [0.2, 0.25) is 0 Å². The lowest BCUT2D eigenvalue weighted by molar-refractivity contribution is -0.0209. The van der Waals surface area contributed by atoms with Gasteiger partial charge in [-0.2, -0.15) is 5.10 Å². The van der Waals surface area contributed by atoms with Crippen LogP contribution in [-0.4, -0.2) is 94.5 Å². The van der Waals surface area contributed by atoms with Crippen LogP contribution in [0.2, 0.25) is 0 Å². The number of anilines is 1. The third-order valence-corrected chi connectivity index (χ3v) is 5.93. The van der Waals surface area contributed by atoms with Crippen LogP contribution in [-0.2, 0) is 11.8 Å². The summed E-state index contributed by atoms with van der Waals surface area (Å²) >= 11 is 0. The Balaban J connectivity index is 1.39. The SMILES string of the molecule is Cn1cc(C(=O)NC[C@H]2O[C@@H](CO)[C@@H](O)[C@H]2N2CCN(c3ccccc3)CC2)cn1. The second-order valence-corrected chi connectivity index (χ2v) is 7.85. The molecular weight excluding hydrogens is 386 g/mol. The minimum absolute atomic E-state index is 0.235. The van der Waals surface area contributed by atoms with Gasteiger partial charge >= 0.3 is 0 Å². The van der Waals surface area contributed by atoms with Crippen LogP contribution >= 0.6 is 0 Å². The number of carbonyl (C=O) groups is 1. The molecule has 0 radical (unpaired) electrons. The molecule has 0 bridgehead atoms. The summed E-state index contributed by atoms with van der Waals surface area (Å²) in [6.45, 7) is 3.22. The fraction of sp³-hybridized carbons (Fsp3) is 0.524. The summed E-state index contributed by atoms with van der Waals surface area (Å²) in [5.41, 5.74) is 1.66. The lowest BCUT2D eigenvalue weighted by Crippen LogP contribution is -2.57. The van der Waals surface area contributed by atoms with Crippen molar-refractivity contribution in [1.29, 1.82) is 0 Å². The van der Waals surface area contributed by atoms with E-state index in [4.69, 9.17) is 4.74 Å². The minimum atomic E-state index is -0.807. The smallest absolute Gasteiger partial charge is 0.254 e. The molecule has 9 heteroatoms. The number of aliphatic hydroxyl groups excluding tert-OH is 2. The van der Waals surface area contributed by atoms with E-state index >= 15 is 0 Å². The number of nitrogens with zero attached hydrogens (tertiary/aromatic N) is 4. The predicted molar refractivity (Wildman–Crippen MR) is 111 cm³/mol.